The normalized spacial score (nSPS) is 24.8. The van der Waals surface area contributed by atoms with E-state index in [0.29, 0.717) is 10.7 Å². The number of halogens is 1. The molecule has 3 amide bonds. The Labute approximate surface area is 235 Å². The lowest BCUT2D eigenvalue weighted by atomic mass is 9.97. The Hall–Kier alpha value is -3.11. The van der Waals surface area contributed by atoms with Gasteiger partial charge in [-0.1, -0.05) is 35.9 Å². The summed E-state index contributed by atoms with van der Waals surface area (Å²) in [6.07, 6.45) is 5.31. The zero-order chi connectivity index (χ0) is 26.7. The summed E-state index contributed by atoms with van der Waals surface area (Å²) in [5, 5.41) is 4.87. The molecule has 4 aliphatic rings. The molecule has 3 saturated heterocycles. The highest BCUT2D eigenvalue weighted by atomic mass is 35.5. The van der Waals surface area contributed by atoms with Crippen molar-refractivity contribution >= 4 is 62.4 Å². The Morgan fingerprint density at radius 2 is 1.87 bits per heavy atom. The molecule has 5 heterocycles. The molecule has 0 spiro atoms. The molecule has 2 unspecified atom stereocenters. The zero-order valence-corrected chi connectivity index (χ0v) is 23.0. The van der Waals surface area contributed by atoms with Crippen molar-refractivity contribution in [1.29, 1.82) is 0 Å². The number of imide groups is 1. The number of fused-ring (bicyclic) bond motifs is 2. The number of carbonyl (C=O) groups is 2. The number of urea groups is 1. The molecular weight excluding hydrogens is 534 g/mol. The topological polar surface area (TPSA) is 78.0 Å². The number of anilines is 2. The fourth-order valence-electron chi connectivity index (χ4n) is 5.89. The predicted octanol–water partition coefficient (Wildman–Crippen LogP) is 4.38. The van der Waals surface area contributed by atoms with Crippen LogP contribution in [0.5, 0.6) is 0 Å². The fraction of sp³-hybridized carbons (Fsp3) is 0.345. The number of pyridine rings is 1. The molecule has 2 aromatic carbocycles. The Bertz CT molecular complexity index is 1520. The van der Waals surface area contributed by atoms with Crippen molar-refractivity contribution in [3.05, 3.63) is 71.5 Å². The van der Waals surface area contributed by atoms with E-state index in [-0.39, 0.29) is 11.4 Å². The number of hydrogen-bond donors (Lipinski definition) is 1. The van der Waals surface area contributed by atoms with Crippen LogP contribution in [0.25, 0.3) is 15.7 Å². The fourth-order valence-corrected chi connectivity index (χ4v) is 7.49. The molecule has 4 aliphatic heterocycles. The maximum Gasteiger partial charge on any atom is 0.329 e. The summed E-state index contributed by atoms with van der Waals surface area (Å²) in [5.74, 6) is -0.253. The van der Waals surface area contributed by atoms with Crippen LogP contribution in [0, 0.1) is 0 Å². The van der Waals surface area contributed by atoms with Gasteiger partial charge in [-0.25, -0.2) is 9.69 Å². The minimum Gasteiger partial charge on any atom is -0.377 e. The lowest BCUT2D eigenvalue weighted by Crippen LogP contribution is -2.64. The van der Waals surface area contributed by atoms with Gasteiger partial charge in [-0.05, 0) is 31.2 Å². The molecule has 0 radical (unpaired) electrons. The highest BCUT2D eigenvalue weighted by Gasteiger charge is 2.46. The number of carbonyl (C=O) groups excluding carboxylic acids is 2. The monoisotopic (exact) mass is 561 g/mol. The maximum atomic E-state index is 13.8. The van der Waals surface area contributed by atoms with E-state index in [1.807, 2.05) is 36.4 Å². The Balaban J connectivity index is 1.16. The number of ether oxygens (including phenoxy) is 1. The molecule has 200 valence electrons. The molecule has 0 bridgehead atoms. The highest BCUT2D eigenvalue weighted by molar-refractivity contribution is 8.09. The van der Waals surface area contributed by atoms with E-state index in [1.165, 1.54) is 16.7 Å². The van der Waals surface area contributed by atoms with Gasteiger partial charge in [-0.2, -0.15) is 0 Å². The number of thioether (sulfide) groups is 1. The van der Waals surface area contributed by atoms with Gasteiger partial charge in [0.15, 0.2) is 0 Å². The first-order chi connectivity index (χ1) is 18.9. The molecule has 8 nitrogen and oxygen atoms in total. The second kappa shape index (κ2) is 9.52. The molecule has 10 heteroatoms. The quantitative estimate of drug-likeness (QED) is 0.506. The van der Waals surface area contributed by atoms with Gasteiger partial charge in [-0.3, -0.25) is 14.7 Å². The Morgan fingerprint density at radius 1 is 1.08 bits per heavy atom. The van der Waals surface area contributed by atoms with Crippen molar-refractivity contribution in [3.63, 3.8) is 0 Å². The maximum absolute atomic E-state index is 13.8. The number of nitrogens with one attached hydrogen (secondary N) is 1. The largest absolute Gasteiger partial charge is 0.377 e. The zero-order valence-electron chi connectivity index (χ0n) is 21.5. The standard InChI is InChI=1S/C29H28ClN5O3S/c1-29(16-38-17-29)34-10-8-33(9-11-34)19-7-6-18-14-31-15-24(21(18)12-19)35-27(36)26-23(32-28(35)37)13-25(39-26)20-4-2-3-5-22(20)30/h2-7,12-15,23,26H,8-11,16-17H2,1H3,(H,32,37). The SMILES string of the molecule is CC1(N2CCN(c3ccc4cncc(N5C(=O)NC6C=C(c7ccccc7Cl)SC6C5=O)c4c3)CC2)COC1. The van der Waals surface area contributed by atoms with Crippen molar-refractivity contribution in [2.75, 3.05) is 49.2 Å². The average molecular weight is 562 g/mol. The lowest BCUT2D eigenvalue weighted by Gasteiger charge is -2.50. The number of benzene rings is 2. The highest BCUT2D eigenvalue weighted by Crippen LogP contribution is 2.45. The molecule has 1 aromatic heterocycles. The summed E-state index contributed by atoms with van der Waals surface area (Å²) >= 11 is 7.86. The van der Waals surface area contributed by atoms with Crippen molar-refractivity contribution in [2.24, 2.45) is 0 Å². The van der Waals surface area contributed by atoms with Gasteiger partial charge >= 0.3 is 6.03 Å². The molecule has 3 fully saturated rings. The smallest absolute Gasteiger partial charge is 0.329 e. The van der Waals surface area contributed by atoms with Crippen molar-refractivity contribution in [2.45, 2.75) is 23.8 Å². The van der Waals surface area contributed by atoms with E-state index < -0.39 is 17.3 Å². The van der Waals surface area contributed by atoms with Crippen LogP contribution in [0.1, 0.15) is 12.5 Å². The van der Waals surface area contributed by atoms with Crippen molar-refractivity contribution in [1.82, 2.24) is 15.2 Å². The van der Waals surface area contributed by atoms with Crippen LogP contribution in [0.3, 0.4) is 0 Å². The van der Waals surface area contributed by atoms with Gasteiger partial charge in [0.05, 0.1) is 36.7 Å². The minimum absolute atomic E-state index is 0.146. The Morgan fingerprint density at radius 3 is 2.62 bits per heavy atom. The first kappa shape index (κ1) is 24.9. The van der Waals surface area contributed by atoms with Crippen LogP contribution in [0.2, 0.25) is 5.02 Å². The van der Waals surface area contributed by atoms with Crippen LogP contribution in [-0.4, -0.2) is 78.0 Å². The number of piperazine rings is 1. The van der Waals surface area contributed by atoms with Crippen LogP contribution in [0.15, 0.2) is 60.9 Å². The molecule has 2 atom stereocenters. The van der Waals surface area contributed by atoms with E-state index in [1.54, 1.807) is 12.4 Å². The van der Waals surface area contributed by atoms with E-state index in [4.69, 9.17) is 16.3 Å². The number of rotatable bonds is 4. The summed E-state index contributed by atoms with van der Waals surface area (Å²) in [5.41, 5.74) is 2.58. The van der Waals surface area contributed by atoms with Crippen LogP contribution in [-0.2, 0) is 9.53 Å². The summed E-state index contributed by atoms with van der Waals surface area (Å²) in [4.78, 5) is 38.5. The van der Waals surface area contributed by atoms with E-state index in [2.05, 4.69) is 39.2 Å². The molecule has 7 rings (SSSR count). The molecule has 3 aromatic rings. The van der Waals surface area contributed by atoms with E-state index in [0.717, 1.165) is 66.3 Å². The minimum atomic E-state index is -0.475. The number of nitrogens with zero attached hydrogens (tertiary/aromatic N) is 4. The molecule has 0 aliphatic carbocycles. The second-order valence-corrected chi connectivity index (χ2v) is 12.3. The first-order valence-corrected chi connectivity index (χ1v) is 14.4. The second-order valence-electron chi connectivity index (χ2n) is 10.7. The summed E-state index contributed by atoms with van der Waals surface area (Å²) in [6.45, 7) is 7.59. The van der Waals surface area contributed by atoms with E-state index in [9.17, 15) is 9.59 Å². The van der Waals surface area contributed by atoms with Crippen LogP contribution < -0.4 is 15.1 Å². The van der Waals surface area contributed by atoms with Crippen molar-refractivity contribution < 1.29 is 14.3 Å². The average Bonchev–Trinajstić information content (AvgIpc) is 3.36. The predicted molar refractivity (Wildman–Crippen MR) is 155 cm³/mol. The third kappa shape index (κ3) is 4.19. The molecule has 0 saturated carbocycles. The third-order valence-corrected chi connectivity index (χ3v) is 9.89. The van der Waals surface area contributed by atoms with Gasteiger partial charge in [0.1, 0.15) is 5.25 Å². The van der Waals surface area contributed by atoms with Gasteiger partial charge in [0.25, 0.3) is 5.91 Å². The summed E-state index contributed by atoms with van der Waals surface area (Å²) in [7, 11) is 0. The number of hydrogen-bond acceptors (Lipinski definition) is 7. The van der Waals surface area contributed by atoms with Gasteiger partial charge in [0, 0.05) is 64.3 Å². The van der Waals surface area contributed by atoms with Crippen LogP contribution in [0.4, 0.5) is 16.2 Å². The number of aromatic nitrogens is 1. The van der Waals surface area contributed by atoms with Gasteiger partial charge in [0.2, 0.25) is 0 Å². The summed E-state index contributed by atoms with van der Waals surface area (Å²) in [6, 6.07) is 12.9. The third-order valence-electron chi connectivity index (χ3n) is 8.21. The van der Waals surface area contributed by atoms with Gasteiger partial charge < -0.3 is 15.0 Å². The first-order valence-electron chi connectivity index (χ1n) is 13.1. The number of amides is 3. The van der Waals surface area contributed by atoms with E-state index >= 15 is 0 Å². The summed E-state index contributed by atoms with van der Waals surface area (Å²) < 4.78 is 5.46. The lowest BCUT2D eigenvalue weighted by molar-refractivity contribution is -0.131. The Kier molecular flexibility index (Phi) is 6.08. The van der Waals surface area contributed by atoms with Crippen molar-refractivity contribution in [3.8, 4) is 0 Å². The van der Waals surface area contributed by atoms with Gasteiger partial charge in [-0.15, -0.1) is 11.8 Å². The van der Waals surface area contributed by atoms with Crippen LogP contribution >= 0.6 is 23.4 Å². The molecule has 1 N–H and O–H groups in total. The molecular formula is C29H28ClN5O3S. The molecule has 39 heavy (non-hydrogen) atoms.